The number of aromatic nitrogens is 5. The van der Waals surface area contributed by atoms with Crippen LogP contribution < -0.4 is 5.69 Å². The molecule has 0 aromatic carbocycles. The lowest BCUT2D eigenvalue weighted by atomic mass is 10.6. The van der Waals surface area contributed by atoms with Crippen LogP contribution in [-0.2, 0) is 17.9 Å². The van der Waals surface area contributed by atoms with E-state index in [0.717, 1.165) is 0 Å². The number of aromatic amines is 1. The van der Waals surface area contributed by atoms with Gasteiger partial charge in [0.2, 0.25) is 0 Å². The summed E-state index contributed by atoms with van der Waals surface area (Å²) in [7, 11) is 0. The van der Waals surface area contributed by atoms with Gasteiger partial charge in [0.25, 0.3) is 0 Å². The average molecular weight is 316 g/mol. The van der Waals surface area contributed by atoms with E-state index in [2.05, 4.69) is 20.2 Å². The van der Waals surface area contributed by atoms with Crippen molar-refractivity contribution in [3.05, 3.63) is 27.5 Å². The van der Waals surface area contributed by atoms with E-state index in [0.29, 0.717) is 40.9 Å². The molecule has 0 amide bonds. The molecule has 0 aliphatic rings. The highest BCUT2D eigenvalue weighted by Gasteiger charge is 2.11. The first-order valence-electron chi connectivity index (χ1n) is 6.08. The van der Waals surface area contributed by atoms with Gasteiger partial charge in [-0.15, -0.1) is 5.10 Å². The number of hydrogen-bond donors (Lipinski definition) is 1. The summed E-state index contributed by atoms with van der Waals surface area (Å²) in [4.78, 5) is 19.9. The van der Waals surface area contributed by atoms with Gasteiger partial charge >= 0.3 is 5.69 Å². The highest BCUT2D eigenvalue weighted by atomic mass is 35.5. The topological polar surface area (TPSA) is 85.7 Å². The van der Waals surface area contributed by atoms with Crippen molar-refractivity contribution in [3.63, 3.8) is 0 Å². The Balaban J connectivity index is 2.24. The van der Waals surface area contributed by atoms with Crippen LogP contribution in [-0.4, -0.2) is 31.3 Å². The molecule has 20 heavy (non-hydrogen) atoms. The number of H-pyrrole nitrogens is 1. The van der Waals surface area contributed by atoms with Gasteiger partial charge in [-0.05, 0) is 25.6 Å². The first-order chi connectivity index (χ1) is 9.63. The molecular weight excluding hydrogens is 302 g/mol. The number of hydrogen-bond acceptors (Lipinski definition) is 6. The average Bonchev–Trinajstić information content (AvgIpc) is 2.76. The van der Waals surface area contributed by atoms with E-state index in [1.165, 1.54) is 16.3 Å². The molecule has 108 valence electrons. The maximum atomic E-state index is 11.5. The van der Waals surface area contributed by atoms with Gasteiger partial charge < -0.3 is 4.74 Å². The van der Waals surface area contributed by atoms with E-state index >= 15 is 0 Å². The molecule has 2 rings (SSSR count). The van der Waals surface area contributed by atoms with Gasteiger partial charge in [0.15, 0.2) is 11.0 Å². The Bertz CT molecular complexity index is 642. The van der Waals surface area contributed by atoms with Crippen molar-refractivity contribution in [1.29, 1.82) is 0 Å². The van der Waals surface area contributed by atoms with Gasteiger partial charge in [-0.2, -0.15) is 0 Å². The molecule has 0 saturated heterocycles. The normalized spacial score (nSPS) is 10.9. The SMILES string of the molecule is CCOCc1nc(Cl)cc(Sc2n[nH]c(=O)n2CC)n1. The number of nitrogens with zero attached hydrogens (tertiary/aromatic N) is 4. The van der Waals surface area contributed by atoms with Crippen molar-refractivity contribution in [3.8, 4) is 0 Å². The highest BCUT2D eigenvalue weighted by molar-refractivity contribution is 7.99. The Morgan fingerprint density at radius 3 is 2.95 bits per heavy atom. The third-order valence-electron chi connectivity index (χ3n) is 2.39. The standard InChI is InChI=1S/C11H14ClN5O2S/c1-3-17-10(18)15-16-11(17)20-9-5-7(12)13-8(14-9)6-19-4-2/h5H,3-4,6H2,1-2H3,(H,15,18). The van der Waals surface area contributed by atoms with Gasteiger partial charge in [0.05, 0.1) is 0 Å². The Kier molecular flexibility index (Phi) is 5.16. The smallest absolute Gasteiger partial charge is 0.343 e. The monoisotopic (exact) mass is 315 g/mol. The maximum absolute atomic E-state index is 11.5. The number of rotatable bonds is 6. The summed E-state index contributed by atoms with van der Waals surface area (Å²) in [6.45, 7) is 5.17. The number of nitrogens with one attached hydrogen (secondary N) is 1. The van der Waals surface area contributed by atoms with Crippen LogP contribution >= 0.6 is 23.4 Å². The summed E-state index contributed by atoms with van der Waals surface area (Å²) in [6, 6.07) is 1.63. The number of ether oxygens (including phenoxy) is 1. The third-order valence-corrected chi connectivity index (χ3v) is 3.49. The fourth-order valence-electron chi connectivity index (χ4n) is 1.51. The molecule has 0 bridgehead atoms. The van der Waals surface area contributed by atoms with E-state index in [1.807, 2.05) is 13.8 Å². The molecule has 0 saturated carbocycles. The zero-order valence-electron chi connectivity index (χ0n) is 11.1. The van der Waals surface area contributed by atoms with E-state index < -0.39 is 0 Å². The second-order valence-corrected chi connectivity index (χ2v) is 5.11. The lowest BCUT2D eigenvalue weighted by Gasteiger charge is -2.05. The van der Waals surface area contributed by atoms with Gasteiger partial charge in [-0.1, -0.05) is 11.6 Å². The molecule has 2 aromatic heterocycles. The quantitative estimate of drug-likeness (QED) is 0.817. The van der Waals surface area contributed by atoms with Crippen molar-refractivity contribution in [2.75, 3.05) is 6.61 Å². The summed E-state index contributed by atoms with van der Waals surface area (Å²) < 4.78 is 6.78. The second kappa shape index (κ2) is 6.87. The van der Waals surface area contributed by atoms with Crippen LogP contribution in [0.2, 0.25) is 5.15 Å². The lowest BCUT2D eigenvalue weighted by Crippen LogP contribution is -2.16. The largest absolute Gasteiger partial charge is 0.374 e. The Morgan fingerprint density at radius 1 is 1.45 bits per heavy atom. The van der Waals surface area contributed by atoms with Crippen LogP contribution in [0.3, 0.4) is 0 Å². The van der Waals surface area contributed by atoms with Crippen LogP contribution in [0.1, 0.15) is 19.7 Å². The van der Waals surface area contributed by atoms with Crippen molar-refractivity contribution < 1.29 is 4.74 Å². The van der Waals surface area contributed by atoms with Crippen molar-refractivity contribution in [1.82, 2.24) is 24.7 Å². The van der Waals surface area contributed by atoms with E-state index in [9.17, 15) is 4.79 Å². The fourth-order valence-corrected chi connectivity index (χ4v) is 2.69. The molecule has 9 heteroatoms. The second-order valence-electron chi connectivity index (χ2n) is 3.74. The van der Waals surface area contributed by atoms with E-state index in [-0.39, 0.29) is 5.69 Å². The minimum absolute atomic E-state index is 0.246. The molecular formula is C11H14ClN5O2S. The molecule has 0 aliphatic carbocycles. The Morgan fingerprint density at radius 2 is 2.25 bits per heavy atom. The van der Waals surface area contributed by atoms with E-state index in [4.69, 9.17) is 16.3 Å². The molecule has 0 spiro atoms. The highest BCUT2D eigenvalue weighted by Crippen LogP contribution is 2.25. The predicted molar refractivity (Wildman–Crippen MR) is 75.0 cm³/mol. The fraction of sp³-hybridized carbons (Fsp3) is 0.455. The summed E-state index contributed by atoms with van der Waals surface area (Å²) in [5.41, 5.74) is -0.246. The maximum Gasteiger partial charge on any atom is 0.343 e. The molecule has 7 nitrogen and oxygen atoms in total. The first kappa shape index (κ1) is 15.0. The van der Waals surface area contributed by atoms with Crippen LogP contribution in [0.4, 0.5) is 0 Å². The lowest BCUT2D eigenvalue weighted by molar-refractivity contribution is 0.128. The van der Waals surface area contributed by atoms with Gasteiger partial charge in [0.1, 0.15) is 16.8 Å². The summed E-state index contributed by atoms with van der Waals surface area (Å²) in [6.07, 6.45) is 0. The molecule has 0 aliphatic heterocycles. The van der Waals surface area contributed by atoms with Crippen molar-refractivity contribution >= 4 is 23.4 Å². The molecule has 2 aromatic rings. The molecule has 0 fully saturated rings. The van der Waals surface area contributed by atoms with Crippen LogP contribution in [0.25, 0.3) is 0 Å². The minimum Gasteiger partial charge on any atom is -0.374 e. The van der Waals surface area contributed by atoms with Crippen molar-refractivity contribution in [2.45, 2.75) is 37.2 Å². The van der Waals surface area contributed by atoms with Crippen LogP contribution in [0.5, 0.6) is 0 Å². The Hall–Kier alpha value is -1.38. The molecule has 0 radical (unpaired) electrons. The zero-order chi connectivity index (χ0) is 14.5. The van der Waals surface area contributed by atoms with E-state index in [1.54, 1.807) is 6.07 Å². The van der Waals surface area contributed by atoms with Crippen LogP contribution in [0, 0.1) is 0 Å². The van der Waals surface area contributed by atoms with Gasteiger partial charge in [-0.3, -0.25) is 4.57 Å². The van der Waals surface area contributed by atoms with Crippen LogP contribution in [0.15, 0.2) is 21.0 Å². The minimum atomic E-state index is -0.246. The summed E-state index contributed by atoms with van der Waals surface area (Å²) in [5, 5.41) is 7.85. The molecule has 2 heterocycles. The third kappa shape index (κ3) is 3.59. The summed E-state index contributed by atoms with van der Waals surface area (Å²) in [5.74, 6) is 0.503. The zero-order valence-corrected chi connectivity index (χ0v) is 12.7. The Labute approximate surface area is 124 Å². The number of halogens is 1. The van der Waals surface area contributed by atoms with Gasteiger partial charge in [-0.25, -0.2) is 19.9 Å². The van der Waals surface area contributed by atoms with Crippen molar-refractivity contribution in [2.24, 2.45) is 0 Å². The predicted octanol–water partition coefficient (Wildman–Crippen LogP) is 1.72. The van der Waals surface area contributed by atoms with Gasteiger partial charge in [0, 0.05) is 19.2 Å². The summed E-state index contributed by atoms with van der Waals surface area (Å²) >= 11 is 7.21. The molecule has 1 N–H and O–H groups in total. The molecule has 0 atom stereocenters. The molecule has 0 unspecified atom stereocenters. The first-order valence-corrected chi connectivity index (χ1v) is 7.27.